The monoisotopic (exact) mass is 502 g/mol. The molecule has 0 spiro atoms. The van der Waals surface area contributed by atoms with Crippen LogP contribution in [0.3, 0.4) is 0 Å². The number of sulfonamides is 1. The highest BCUT2D eigenvalue weighted by molar-refractivity contribution is 7.98. The molecule has 33 heavy (non-hydrogen) atoms. The zero-order valence-electron chi connectivity index (χ0n) is 19.1. The number of hydrogen-bond acceptors (Lipinski definition) is 4. The standard InChI is InChI=1S/C25H27ClN2O3S2/c1-17-13-18(2)25(19(3)14-17)28(33(4,30)31)15-24(29)27-22-7-5-6-8-23(22)32-16-20-9-11-21(26)12-10-20/h5-14H,15-16H2,1-4H3,(H,27,29). The Labute approximate surface area is 205 Å². The number of nitrogens with zero attached hydrogens (tertiary/aromatic N) is 1. The van der Waals surface area contributed by atoms with Crippen LogP contribution in [-0.2, 0) is 20.6 Å². The van der Waals surface area contributed by atoms with Gasteiger partial charge in [0.1, 0.15) is 6.54 Å². The Morgan fingerprint density at radius 1 is 1.00 bits per heavy atom. The van der Waals surface area contributed by atoms with Crippen LogP contribution < -0.4 is 9.62 Å². The molecule has 0 aliphatic rings. The summed E-state index contributed by atoms with van der Waals surface area (Å²) in [6, 6.07) is 18.9. The number of amides is 1. The summed E-state index contributed by atoms with van der Waals surface area (Å²) < 4.78 is 26.4. The molecule has 0 aliphatic carbocycles. The van der Waals surface area contributed by atoms with Gasteiger partial charge in [-0.3, -0.25) is 9.10 Å². The Balaban J connectivity index is 1.78. The lowest BCUT2D eigenvalue weighted by molar-refractivity contribution is -0.114. The molecule has 3 rings (SSSR count). The first-order valence-corrected chi connectivity index (χ1v) is 13.6. The zero-order chi connectivity index (χ0) is 24.2. The highest BCUT2D eigenvalue weighted by Gasteiger charge is 2.24. The first-order valence-electron chi connectivity index (χ1n) is 10.4. The third kappa shape index (κ3) is 6.76. The maximum atomic E-state index is 13.0. The van der Waals surface area contributed by atoms with E-state index in [0.29, 0.717) is 22.2 Å². The molecule has 0 radical (unpaired) electrons. The summed E-state index contributed by atoms with van der Waals surface area (Å²) in [4.78, 5) is 13.9. The molecule has 0 aliphatic heterocycles. The number of aryl methyl sites for hydroxylation is 3. The number of nitrogens with one attached hydrogen (secondary N) is 1. The van der Waals surface area contributed by atoms with E-state index in [9.17, 15) is 13.2 Å². The first kappa shape index (κ1) is 25.1. The Morgan fingerprint density at radius 3 is 2.21 bits per heavy atom. The highest BCUT2D eigenvalue weighted by atomic mass is 35.5. The Bertz CT molecular complexity index is 1240. The maximum absolute atomic E-state index is 13.0. The van der Waals surface area contributed by atoms with E-state index in [0.717, 1.165) is 33.4 Å². The number of hydrogen-bond donors (Lipinski definition) is 1. The van der Waals surface area contributed by atoms with Crippen molar-refractivity contribution in [2.24, 2.45) is 0 Å². The summed E-state index contributed by atoms with van der Waals surface area (Å²) in [6.45, 7) is 5.36. The average Bonchev–Trinajstić information content (AvgIpc) is 2.72. The van der Waals surface area contributed by atoms with Crippen molar-refractivity contribution in [2.75, 3.05) is 22.4 Å². The molecule has 0 atom stereocenters. The van der Waals surface area contributed by atoms with Gasteiger partial charge in [-0.15, -0.1) is 11.8 Å². The van der Waals surface area contributed by atoms with Gasteiger partial charge in [0.05, 0.1) is 17.6 Å². The zero-order valence-corrected chi connectivity index (χ0v) is 21.4. The van der Waals surface area contributed by atoms with Gasteiger partial charge in [0.15, 0.2) is 0 Å². The van der Waals surface area contributed by atoms with Gasteiger partial charge in [0.25, 0.3) is 0 Å². The van der Waals surface area contributed by atoms with Crippen LogP contribution in [0.15, 0.2) is 65.6 Å². The van der Waals surface area contributed by atoms with E-state index in [1.165, 1.54) is 4.31 Å². The molecule has 3 aromatic rings. The van der Waals surface area contributed by atoms with Gasteiger partial charge in [-0.05, 0) is 61.7 Å². The third-order valence-corrected chi connectivity index (χ3v) is 7.55. The molecule has 174 valence electrons. The minimum Gasteiger partial charge on any atom is -0.323 e. The van der Waals surface area contributed by atoms with Gasteiger partial charge in [0.2, 0.25) is 15.9 Å². The lowest BCUT2D eigenvalue weighted by Gasteiger charge is -2.26. The Kier molecular flexibility index (Phi) is 8.10. The van der Waals surface area contributed by atoms with Crippen LogP contribution >= 0.6 is 23.4 Å². The normalized spacial score (nSPS) is 11.3. The lowest BCUT2D eigenvalue weighted by Crippen LogP contribution is -2.38. The van der Waals surface area contributed by atoms with Crippen molar-refractivity contribution in [1.29, 1.82) is 0 Å². The van der Waals surface area contributed by atoms with Gasteiger partial charge < -0.3 is 5.32 Å². The van der Waals surface area contributed by atoms with E-state index >= 15 is 0 Å². The molecule has 3 aromatic carbocycles. The van der Waals surface area contributed by atoms with E-state index < -0.39 is 15.9 Å². The predicted molar refractivity (Wildman–Crippen MR) is 139 cm³/mol. The fraction of sp³-hybridized carbons (Fsp3) is 0.240. The van der Waals surface area contributed by atoms with E-state index in [1.54, 1.807) is 11.8 Å². The molecule has 0 heterocycles. The number of halogens is 1. The number of anilines is 2. The Hall–Kier alpha value is -2.48. The van der Waals surface area contributed by atoms with Crippen LogP contribution in [0.1, 0.15) is 22.3 Å². The molecular weight excluding hydrogens is 476 g/mol. The summed E-state index contributed by atoms with van der Waals surface area (Å²) in [6.07, 6.45) is 1.12. The number of thioether (sulfide) groups is 1. The first-order chi connectivity index (χ1) is 15.5. The van der Waals surface area contributed by atoms with Crippen LogP contribution in [-0.4, -0.2) is 27.1 Å². The predicted octanol–water partition coefficient (Wildman–Crippen LogP) is 5.96. The van der Waals surface area contributed by atoms with Gasteiger partial charge >= 0.3 is 0 Å². The van der Waals surface area contributed by atoms with Crippen LogP contribution in [0.4, 0.5) is 11.4 Å². The summed E-state index contributed by atoms with van der Waals surface area (Å²) in [5, 5.41) is 3.58. The SMILES string of the molecule is Cc1cc(C)c(N(CC(=O)Nc2ccccc2SCc2ccc(Cl)cc2)S(C)(=O)=O)c(C)c1. The van der Waals surface area contributed by atoms with Crippen LogP contribution in [0.5, 0.6) is 0 Å². The van der Waals surface area contributed by atoms with E-state index in [4.69, 9.17) is 11.6 Å². The number of benzene rings is 3. The van der Waals surface area contributed by atoms with Crippen LogP contribution in [0.2, 0.25) is 5.02 Å². The fourth-order valence-corrected chi connectivity index (χ4v) is 5.75. The van der Waals surface area contributed by atoms with Crippen LogP contribution in [0, 0.1) is 20.8 Å². The molecule has 0 unspecified atom stereocenters. The van der Waals surface area contributed by atoms with Crippen LogP contribution in [0.25, 0.3) is 0 Å². The molecule has 5 nitrogen and oxygen atoms in total. The molecule has 1 amide bonds. The smallest absolute Gasteiger partial charge is 0.245 e. The van der Waals surface area contributed by atoms with Crippen molar-refractivity contribution >= 4 is 50.7 Å². The average molecular weight is 503 g/mol. The highest BCUT2D eigenvalue weighted by Crippen LogP contribution is 2.31. The molecule has 0 saturated heterocycles. The van der Waals surface area contributed by atoms with Crippen molar-refractivity contribution in [3.63, 3.8) is 0 Å². The summed E-state index contributed by atoms with van der Waals surface area (Å²) in [5.41, 5.74) is 4.96. The second-order valence-corrected chi connectivity index (χ2v) is 11.3. The van der Waals surface area contributed by atoms with Gasteiger partial charge in [-0.2, -0.15) is 0 Å². The topological polar surface area (TPSA) is 66.5 Å². The molecule has 0 aromatic heterocycles. The molecular formula is C25H27ClN2O3S2. The minimum absolute atomic E-state index is 0.306. The molecule has 8 heteroatoms. The van der Waals surface area contributed by atoms with Gasteiger partial charge in [-0.1, -0.05) is 53.6 Å². The number of para-hydroxylation sites is 1. The van der Waals surface area contributed by atoms with Crippen molar-refractivity contribution in [2.45, 2.75) is 31.4 Å². The van der Waals surface area contributed by atoms with Crippen molar-refractivity contribution in [3.8, 4) is 0 Å². The van der Waals surface area contributed by atoms with Gasteiger partial charge in [0, 0.05) is 15.7 Å². The van der Waals surface area contributed by atoms with Crippen molar-refractivity contribution in [1.82, 2.24) is 0 Å². The second kappa shape index (κ2) is 10.6. The molecule has 0 fully saturated rings. The molecule has 0 saturated carbocycles. The summed E-state index contributed by atoms with van der Waals surface area (Å²) in [5.74, 6) is 0.306. The largest absolute Gasteiger partial charge is 0.323 e. The van der Waals surface area contributed by atoms with Gasteiger partial charge in [-0.25, -0.2) is 8.42 Å². The van der Waals surface area contributed by atoms with E-state index in [2.05, 4.69) is 5.32 Å². The second-order valence-electron chi connectivity index (χ2n) is 7.98. The fourth-order valence-electron chi connectivity index (χ4n) is 3.69. The molecule has 0 bridgehead atoms. The third-order valence-electron chi connectivity index (χ3n) is 5.04. The Morgan fingerprint density at radius 2 is 1.61 bits per heavy atom. The van der Waals surface area contributed by atoms with E-state index in [-0.39, 0.29) is 6.54 Å². The minimum atomic E-state index is -3.67. The number of carbonyl (C=O) groups is 1. The summed E-state index contributed by atoms with van der Waals surface area (Å²) in [7, 11) is -3.67. The van der Waals surface area contributed by atoms with Crippen molar-refractivity contribution < 1.29 is 13.2 Å². The van der Waals surface area contributed by atoms with E-state index in [1.807, 2.05) is 81.4 Å². The number of rotatable bonds is 8. The lowest BCUT2D eigenvalue weighted by atomic mass is 10.1. The quantitative estimate of drug-likeness (QED) is 0.386. The maximum Gasteiger partial charge on any atom is 0.245 e. The van der Waals surface area contributed by atoms with Crippen molar-refractivity contribution in [3.05, 3.63) is 87.9 Å². The summed E-state index contributed by atoms with van der Waals surface area (Å²) >= 11 is 7.54. The number of carbonyl (C=O) groups excluding carboxylic acids is 1. The molecule has 1 N–H and O–H groups in total.